The average molecular weight is 160 g/mol. The van der Waals surface area contributed by atoms with Gasteiger partial charge in [-0.05, 0) is 25.2 Å². The third-order valence-electron chi connectivity index (χ3n) is 3.39. The molecule has 0 aromatic heterocycles. The lowest BCUT2D eigenvalue weighted by Crippen LogP contribution is -2.13. The number of fused-ring (bicyclic) bond motifs is 3. The predicted molar refractivity (Wildman–Crippen MR) is 46.6 cm³/mol. The second-order valence-electron chi connectivity index (χ2n) is 4.13. The molecule has 12 heavy (non-hydrogen) atoms. The van der Waals surface area contributed by atoms with E-state index in [-0.39, 0.29) is 0 Å². The van der Waals surface area contributed by atoms with Gasteiger partial charge in [-0.25, -0.2) is 0 Å². The molecule has 2 unspecified atom stereocenters. The Labute approximate surface area is 72.2 Å². The summed E-state index contributed by atoms with van der Waals surface area (Å²) in [6, 6.07) is 0. The van der Waals surface area contributed by atoms with Crippen LogP contribution in [-0.2, 0) is 4.79 Å². The van der Waals surface area contributed by atoms with E-state index >= 15 is 0 Å². The van der Waals surface area contributed by atoms with Gasteiger partial charge in [-0.15, -0.1) is 0 Å². The predicted octanol–water partition coefficient (Wildman–Crippen LogP) is 2.24. The first-order valence-corrected chi connectivity index (χ1v) is 4.78. The fourth-order valence-electron chi connectivity index (χ4n) is 2.87. The van der Waals surface area contributed by atoms with Crippen molar-refractivity contribution in [2.75, 3.05) is 0 Å². The van der Waals surface area contributed by atoms with Gasteiger partial charge in [0.15, 0.2) is 5.78 Å². The molecular weight excluding hydrogens is 148 g/mol. The Hall–Kier alpha value is -0.850. The van der Waals surface area contributed by atoms with Crippen molar-refractivity contribution in [3.8, 4) is 0 Å². The smallest absolute Gasteiger partial charge is 0.159 e. The van der Waals surface area contributed by atoms with E-state index in [1.165, 1.54) is 24.0 Å². The molecule has 3 aliphatic rings. The fourth-order valence-corrected chi connectivity index (χ4v) is 2.87. The molecule has 1 heteroatoms. The van der Waals surface area contributed by atoms with Crippen molar-refractivity contribution in [1.29, 1.82) is 0 Å². The van der Waals surface area contributed by atoms with E-state index in [0.717, 1.165) is 18.8 Å². The molecule has 3 rings (SSSR count). The van der Waals surface area contributed by atoms with Crippen molar-refractivity contribution < 1.29 is 4.79 Å². The number of ketones is 1. The van der Waals surface area contributed by atoms with Gasteiger partial charge in [-0.3, -0.25) is 4.79 Å². The summed E-state index contributed by atoms with van der Waals surface area (Å²) in [6.45, 7) is 0. The van der Waals surface area contributed by atoms with Gasteiger partial charge in [-0.1, -0.05) is 17.7 Å². The van der Waals surface area contributed by atoms with Crippen LogP contribution in [0.1, 0.15) is 25.7 Å². The zero-order valence-electron chi connectivity index (χ0n) is 7.05. The third-order valence-corrected chi connectivity index (χ3v) is 3.39. The topological polar surface area (TPSA) is 17.1 Å². The first-order chi connectivity index (χ1) is 5.84. The Bertz CT molecular complexity index is 309. The molecule has 0 fully saturated rings. The van der Waals surface area contributed by atoms with Crippen molar-refractivity contribution in [3.63, 3.8) is 0 Å². The van der Waals surface area contributed by atoms with Gasteiger partial charge in [0.2, 0.25) is 0 Å². The van der Waals surface area contributed by atoms with Crippen molar-refractivity contribution >= 4 is 5.78 Å². The average Bonchev–Trinajstić information content (AvgIpc) is 2.59. The highest BCUT2D eigenvalue weighted by Gasteiger charge is 2.36. The molecule has 0 aliphatic heterocycles. The number of hydrogen-bond donors (Lipinski definition) is 0. The Morgan fingerprint density at radius 1 is 1.25 bits per heavy atom. The molecule has 0 radical (unpaired) electrons. The molecule has 0 spiro atoms. The minimum atomic E-state index is 0.431. The summed E-state index contributed by atoms with van der Waals surface area (Å²) < 4.78 is 0. The van der Waals surface area contributed by atoms with Gasteiger partial charge in [0, 0.05) is 17.9 Å². The standard InChI is InChI=1S/C11H12O/c12-10-4-3-9-6-7-1-2-8(5-7)11(9)10/h1-2,7-8H,3-6H2. The number of allylic oxidation sites excluding steroid dienone is 4. The normalized spacial score (nSPS) is 37.8. The van der Waals surface area contributed by atoms with Gasteiger partial charge in [0.05, 0.1) is 0 Å². The van der Waals surface area contributed by atoms with Crippen molar-refractivity contribution in [2.24, 2.45) is 11.8 Å². The maximum atomic E-state index is 11.5. The number of hydrogen-bond acceptors (Lipinski definition) is 1. The first-order valence-electron chi connectivity index (χ1n) is 4.78. The molecule has 0 amide bonds. The molecular formula is C11H12O. The van der Waals surface area contributed by atoms with Crippen LogP contribution in [0, 0.1) is 11.8 Å². The van der Waals surface area contributed by atoms with Crippen LogP contribution in [0.25, 0.3) is 0 Å². The fraction of sp³-hybridized carbons (Fsp3) is 0.545. The summed E-state index contributed by atoms with van der Waals surface area (Å²) in [6.07, 6.45) is 8.79. The maximum absolute atomic E-state index is 11.5. The lowest BCUT2D eigenvalue weighted by Gasteiger charge is -2.20. The zero-order chi connectivity index (χ0) is 8.13. The second kappa shape index (κ2) is 2.09. The van der Waals surface area contributed by atoms with Crippen LogP contribution < -0.4 is 0 Å². The van der Waals surface area contributed by atoms with Gasteiger partial charge in [-0.2, -0.15) is 0 Å². The summed E-state index contributed by atoms with van der Waals surface area (Å²) in [5, 5.41) is 0. The van der Waals surface area contributed by atoms with E-state index in [2.05, 4.69) is 12.2 Å². The lowest BCUT2D eigenvalue weighted by atomic mass is 9.83. The van der Waals surface area contributed by atoms with Crippen LogP contribution in [-0.4, -0.2) is 5.78 Å². The van der Waals surface area contributed by atoms with E-state index in [1.54, 1.807) is 0 Å². The van der Waals surface area contributed by atoms with Crippen molar-refractivity contribution in [2.45, 2.75) is 25.7 Å². The highest BCUT2D eigenvalue weighted by Crippen LogP contribution is 2.45. The highest BCUT2D eigenvalue weighted by atomic mass is 16.1. The Kier molecular flexibility index (Phi) is 1.16. The van der Waals surface area contributed by atoms with E-state index < -0.39 is 0 Å². The molecule has 0 aromatic carbocycles. The molecule has 2 atom stereocenters. The van der Waals surface area contributed by atoms with Gasteiger partial charge in [0.25, 0.3) is 0 Å². The molecule has 62 valence electrons. The SMILES string of the molecule is O=C1CCC2=C1C1C=CC(C2)C1. The maximum Gasteiger partial charge on any atom is 0.159 e. The molecule has 0 aromatic rings. The second-order valence-corrected chi connectivity index (χ2v) is 4.13. The molecule has 0 N–H and O–H groups in total. The minimum absolute atomic E-state index is 0.431. The number of rotatable bonds is 0. The summed E-state index contributed by atoms with van der Waals surface area (Å²) in [5.74, 6) is 1.70. The third kappa shape index (κ3) is 0.715. The van der Waals surface area contributed by atoms with Crippen LogP contribution in [0.3, 0.4) is 0 Å². The largest absolute Gasteiger partial charge is 0.295 e. The molecule has 1 nitrogen and oxygen atoms in total. The number of carbonyl (C=O) groups excluding carboxylic acids is 1. The van der Waals surface area contributed by atoms with E-state index in [1.807, 2.05) is 0 Å². The van der Waals surface area contributed by atoms with E-state index in [9.17, 15) is 4.79 Å². The Balaban J connectivity index is 2.09. The highest BCUT2D eigenvalue weighted by molar-refractivity contribution is 5.99. The molecule has 0 saturated heterocycles. The van der Waals surface area contributed by atoms with Crippen molar-refractivity contribution in [1.82, 2.24) is 0 Å². The minimum Gasteiger partial charge on any atom is -0.295 e. The summed E-state index contributed by atoms with van der Waals surface area (Å²) in [7, 11) is 0. The first kappa shape index (κ1) is 6.64. The Morgan fingerprint density at radius 2 is 2.17 bits per heavy atom. The summed E-state index contributed by atoms with van der Waals surface area (Å²) >= 11 is 0. The van der Waals surface area contributed by atoms with Gasteiger partial charge >= 0.3 is 0 Å². The van der Waals surface area contributed by atoms with Gasteiger partial charge < -0.3 is 0 Å². The van der Waals surface area contributed by atoms with Crippen LogP contribution in [0.2, 0.25) is 0 Å². The monoisotopic (exact) mass is 160 g/mol. The van der Waals surface area contributed by atoms with Crippen LogP contribution in [0.15, 0.2) is 23.3 Å². The molecule has 3 aliphatic carbocycles. The number of carbonyl (C=O) groups is 1. The van der Waals surface area contributed by atoms with E-state index in [0.29, 0.717) is 11.7 Å². The number of Topliss-reactive ketones (excluding diaryl/α,β-unsaturated/α-hetero) is 1. The summed E-state index contributed by atoms with van der Waals surface area (Å²) in [4.78, 5) is 11.5. The molecule has 0 heterocycles. The lowest BCUT2D eigenvalue weighted by molar-refractivity contribution is -0.115. The van der Waals surface area contributed by atoms with Crippen LogP contribution in [0.5, 0.6) is 0 Å². The zero-order valence-corrected chi connectivity index (χ0v) is 7.05. The van der Waals surface area contributed by atoms with Crippen LogP contribution in [0.4, 0.5) is 0 Å². The van der Waals surface area contributed by atoms with E-state index in [4.69, 9.17) is 0 Å². The van der Waals surface area contributed by atoms with Gasteiger partial charge in [0.1, 0.15) is 0 Å². The quantitative estimate of drug-likeness (QED) is 0.497. The van der Waals surface area contributed by atoms with Crippen LogP contribution >= 0.6 is 0 Å². The van der Waals surface area contributed by atoms with Crippen molar-refractivity contribution in [3.05, 3.63) is 23.3 Å². The Morgan fingerprint density at radius 3 is 3.08 bits per heavy atom. The molecule has 0 saturated carbocycles. The molecule has 2 bridgehead atoms. The summed E-state index contributed by atoms with van der Waals surface area (Å²) in [5.41, 5.74) is 2.67.